The van der Waals surface area contributed by atoms with Gasteiger partial charge in [-0.3, -0.25) is 14.4 Å². The summed E-state index contributed by atoms with van der Waals surface area (Å²) in [5.41, 5.74) is 0. The van der Waals surface area contributed by atoms with Crippen LogP contribution in [0.15, 0.2) is 0 Å². The largest absolute Gasteiger partial charge is 0.284 e. The lowest BCUT2D eigenvalue weighted by Crippen LogP contribution is -2.43. The van der Waals surface area contributed by atoms with E-state index in [1.165, 1.54) is 0 Å². The Bertz CT molecular complexity index is 320. The van der Waals surface area contributed by atoms with E-state index < -0.39 is 31.0 Å². The Labute approximate surface area is 76.6 Å². The second-order valence-corrected chi connectivity index (χ2v) is 5.96. The van der Waals surface area contributed by atoms with Gasteiger partial charge >= 0.3 is 0 Å². The third kappa shape index (κ3) is 4.52. The molecule has 0 heterocycles. The van der Waals surface area contributed by atoms with Crippen LogP contribution >= 0.6 is 0 Å². The zero-order chi connectivity index (χ0) is 10.9. The molecule has 0 spiro atoms. The summed E-state index contributed by atoms with van der Waals surface area (Å²) < 4.78 is 58.5. The molecular formula is C4H11NO6S2. The zero-order valence-corrected chi connectivity index (χ0v) is 8.63. The molecule has 0 bridgehead atoms. The van der Waals surface area contributed by atoms with Crippen LogP contribution in [0.5, 0.6) is 0 Å². The summed E-state index contributed by atoms with van der Waals surface area (Å²) in [6.07, 6.45) is 0. The summed E-state index contributed by atoms with van der Waals surface area (Å²) in [4.78, 5) is 0. The van der Waals surface area contributed by atoms with E-state index in [1.54, 1.807) is 0 Å². The van der Waals surface area contributed by atoms with Crippen molar-refractivity contribution in [2.45, 2.75) is 24.6 Å². The predicted octanol–water partition coefficient (Wildman–Crippen LogP) is -0.956. The molecule has 7 nitrogen and oxygen atoms in total. The summed E-state index contributed by atoms with van der Waals surface area (Å²) in [6.45, 7) is 2.11. The maximum absolute atomic E-state index is 10.4. The Kier molecular flexibility index (Phi) is 3.82. The molecule has 2 atom stereocenters. The van der Waals surface area contributed by atoms with E-state index in [0.29, 0.717) is 0 Å². The number of nitrogens with one attached hydrogen (secondary N) is 1. The molecule has 0 rings (SSSR count). The topological polar surface area (TPSA) is 121 Å². The van der Waals surface area contributed by atoms with Crippen LogP contribution < -0.4 is 5.32 Å². The van der Waals surface area contributed by atoms with Crippen molar-refractivity contribution in [3.8, 4) is 0 Å². The molecular weight excluding hydrogens is 222 g/mol. The van der Waals surface area contributed by atoms with Crippen molar-refractivity contribution in [3.63, 3.8) is 0 Å². The fraction of sp³-hybridized carbons (Fsp3) is 1.00. The van der Waals surface area contributed by atoms with E-state index >= 15 is 0 Å². The SMILES string of the molecule is CC(NC(C)S(=O)(=O)O)S(=O)(=O)O. The number of hydrogen-bond acceptors (Lipinski definition) is 5. The first-order chi connectivity index (χ1) is 5.55. The highest BCUT2D eigenvalue weighted by Gasteiger charge is 2.24. The van der Waals surface area contributed by atoms with Gasteiger partial charge in [0.25, 0.3) is 20.2 Å². The van der Waals surface area contributed by atoms with E-state index in [0.717, 1.165) is 13.8 Å². The lowest BCUT2D eigenvalue weighted by Gasteiger charge is -2.14. The highest BCUT2D eigenvalue weighted by molar-refractivity contribution is 7.87. The molecule has 0 aromatic carbocycles. The van der Waals surface area contributed by atoms with Crippen molar-refractivity contribution in [3.05, 3.63) is 0 Å². The average molecular weight is 233 g/mol. The van der Waals surface area contributed by atoms with Crippen molar-refractivity contribution in [2.24, 2.45) is 0 Å². The van der Waals surface area contributed by atoms with Gasteiger partial charge in [-0.2, -0.15) is 16.8 Å². The third-order valence-electron chi connectivity index (χ3n) is 1.36. The minimum absolute atomic E-state index is 1.05. The van der Waals surface area contributed by atoms with Gasteiger partial charge < -0.3 is 0 Å². The van der Waals surface area contributed by atoms with Gasteiger partial charge in [0.05, 0.1) is 0 Å². The first-order valence-electron chi connectivity index (χ1n) is 3.24. The Hall–Kier alpha value is -0.220. The quantitative estimate of drug-likeness (QED) is 0.535. The van der Waals surface area contributed by atoms with Gasteiger partial charge in [-0.1, -0.05) is 0 Å². The molecule has 0 saturated heterocycles. The summed E-state index contributed by atoms with van der Waals surface area (Å²) in [5, 5.41) is -0.925. The van der Waals surface area contributed by atoms with Crippen LogP contribution in [0.1, 0.15) is 13.8 Å². The maximum Gasteiger partial charge on any atom is 0.280 e. The van der Waals surface area contributed by atoms with Gasteiger partial charge in [-0.25, -0.2) is 0 Å². The van der Waals surface area contributed by atoms with Crippen molar-refractivity contribution in [2.75, 3.05) is 0 Å². The highest BCUT2D eigenvalue weighted by atomic mass is 32.2. The number of rotatable bonds is 4. The van der Waals surface area contributed by atoms with Crippen LogP contribution in [0.25, 0.3) is 0 Å². The fourth-order valence-electron chi connectivity index (χ4n) is 0.502. The molecule has 3 N–H and O–H groups in total. The summed E-state index contributed by atoms with van der Waals surface area (Å²) in [5.74, 6) is 0. The molecule has 0 aliphatic heterocycles. The third-order valence-corrected chi connectivity index (χ3v) is 3.42. The minimum atomic E-state index is -4.34. The van der Waals surface area contributed by atoms with Gasteiger partial charge in [-0.15, -0.1) is 0 Å². The van der Waals surface area contributed by atoms with Gasteiger partial charge in [-0.05, 0) is 13.8 Å². The first kappa shape index (κ1) is 12.8. The van der Waals surface area contributed by atoms with E-state index in [4.69, 9.17) is 9.11 Å². The first-order valence-corrected chi connectivity index (χ1v) is 6.24. The van der Waals surface area contributed by atoms with Crippen molar-refractivity contribution in [1.29, 1.82) is 0 Å². The molecule has 0 fully saturated rings. The molecule has 0 aliphatic rings. The van der Waals surface area contributed by atoms with Gasteiger partial charge in [0.2, 0.25) is 0 Å². The predicted molar refractivity (Wildman–Crippen MR) is 45.2 cm³/mol. The van der Waals surface area contributed by atoms with E-state index in [9.17, 15) is 16.8 Å². The average Bonchev–Trinajstić information content (AvgIpc) is 1.82. The van der Waals surface area contributed by atoms with E-state index in [-0.39, 0.29) is 0 Å². The van der Waals surface area contributed by atoms with Crippen LogP contribution in [0.3, 0.4) is 0 Å². The number of hydrogen-bond donors (Lipinski definition) is 3. The summed E-state index contributed by atoms with van der Waals surface area (Å²) >= 11 is 0. The van der Waals surface area contributed by atoms with Crippen LogP contribution in [0, 0.1) is 0 Å². The van der Waals surface area contributed by atoms with Crippen LogP contribution in [0.4, 0.5) is 0 Å². The van der Waals surface area contributed by atoms with Crippen molar-refractivity contribution < 1.29 is 25.9 Å². The zero-order valence-electron chi connectivity index (χ0n) is 7.00. The normalized spacial score (nSPS) is 18.2. The molecule has 13 heavy (non-hydrogen) atoms. The molecule has 0 aliphatic carbocycles. The Balaban J connectivity index is 4.50. The van der Waals surface area contributed by atoms with Gasteiger partial charge in [0, 0.05) is 0 Å². The standard InChI is InChI=1S/C4H11NO6S2/c1-3(12(6,7)8)5-4(2)13(9,10)11/h3-5H,1-2H3,(H,6,7,8)(H,9,10,11). The minimum Gasteiger partial charge on any atom is -0.284 e. The Morgan fingerprint density at radius 3 is 1.31 bits per heavy atom. The summed E-state index contributed by atoms with van der Waals surface area (Å²) in [7, 11) is -8.69. The molecule has 0 aromatic heterocycles. The molecule has 0 amide bonds. The molecule has 0 radical (unpaired) electrons. The molecule has 2 unspecified atom stereocenters. The van der Waals surface area contributed by atoms with Crippen molar-refractivity contribution in [1.82, 2.24) is 5.32 Å². The second kappa shape index (κ2) is 3.88. The van der Waals surface area contributed by atoms with Crippen LogP contribution in [-0.2, 0) is 20.2 Å². The Morgan fingerprint density at radius 1 is 0.923 bits per heavy atom. The van der Waals surface area contributed by atoms with Gasteiger partial charge in [0.15, 0.2) is 0 Å². The van der Waals surface area contributed by atoms with Crippen molar-refractivity contribution >= 4 is 20.2 Å². The molecule has 80 valence electrons. The molecule has 9 heteroatoms. The smallest absolute Gasteiger partial charge is 0.280 e. The molecule has 0 saturated carbocycles. The van der Waals surface area contributed by atoms with E-state index in [1.807, 2.05) is 5.32 Å². The van der Waals surface area contributed by atoms with Crippen LogP contribution in [-0.4, -0.2) is 36.7 Å². The maximum atomic E-state index is 10.4. The van der Waals surface area contributed by atoms with Crippen LogP contribution in [0.2, 0.25) is 0 Å². The molecule has 0 aromatic rings. The fourth-order valence-corrected chi connectivity index (χ4v) is 1.34. The lowest BCUT2D eigenvalue weighted by molar-refractivity contribution is 0.435. The lowest BCUT2D eigenvalue weighted by atomic mass is 10.6. The monoisotopic (exact) mass is 233 g/mol. The van der Waals surface area contributed by atoms with E-state index in [2.05, 4.69) is 0 Å². The highest BCUT2D eigenvalue weighted by Crippen LogP contribution is 1.99. The van der Waals surface area contributed by atoms with Gasteiger partial charge in [0.1, 0.15) is 10.7 Å². The summed E-state index contributed by atoms with van der Waals surface area (Å²) in [6, 6.07) is 0. The Morgan fingerprint density at radius 2 is 1.15 bits per heavy atom. The second-order valence-electron chi connectivity index (χ2n) is 2.48.